The molecule has 0 aliphatic carbocycles. The topological polar surface area (TPSA) is 62.3 Å². The van der Waals surface area contributed by atoms with Crippen LogP contribution in [0.3, 0.4) is 0 Å². The Labute approximate surface area is 98.0 Å². The fraction of sp³-hybridized carbons (Fsp3) is 0.222. The monoisotopic (exact) mass is 257 g/mol. The summed E-state index contributed by atoms with van der Waals surface area (Å²) >= 11 is 1.38. The first kappa shape index (κ1) is 11.3. The lowest BCUT2D eigenvalue weighted by Gasteiger charge is -2.13. The van der Waals surface area contributed by atoms with Crippen LogP contribution in [0.1, 0.15) is 0 Å². The van der Waals surface area contributed by atoms with Gasteiger partial charge in [0, 0.05) is 25.7 Å². The van der Waals surface area contributed by atoms with Gasteiger partial charge in [0.25, 0.3) is 0 Å². The molecule has 0 saturated carbocycles. The molecule has 0 radical (unpaired) electrons. The number of aromatic nitrogens is 1. The number of nitrogens with one attached hydrogen (secondary N) is 1. The van der Waals surface area contributed by atoms with Crippen molar-refractivity contribution >= 4 is 37.5 Å². The van der Waals surface area contributed by atoms with Gasteiger partial charge in [-0.25, -0.2) is 0 Å². The van der Waals surface area contributed by atoms with Gasteiger partial charge < -0.3 is 0 Å². The SMILES string of the molecule is CN(C)S(=O)(=O)Nc1ccc2sncc2c1. The van der Waals surface area contributed by atoms with E-state index in [2.05, 4.69) is 9.10 Å². The van der Waals surface area contributed by atoms with Crippen LogP contribution < -0.4 is 4.72 Å². The van der Waals surface area contributed by atoms with Crippen molar-refractivity contribution in [3.63, 3.8) is 0 Å². The molecule has 1 N–H and O–H groups in total. The molecule has 1 aromatic carbocycles. The van der Waals surface area contributed by atoms with E-state index in [1.54, 1.807) is 18.3 Å². The number of nitrogens with zero attached hydrogens (tertiary/aromatic N) is 2. The van der Waals surface area contributed by atoms with Crippen LogP contribution in [0.4, 0.5) is 5.69 Å². The molecule has 0 spiro atoms. The minimum atomic E-state index is -3.44. The third-order valence-corrected chi connectivity index (χ3v) is 4.31. The Morgan fingerprint density at radius 2 is 2.12 bits per heavy atom. The van der Waals surface area contributed by atoms with Crippen LogP contribution in [0.15, 0.2) is 24.4 Å². The highest BCUT2D eigenvalue weighted by molar-refractivity contribution is 7.90. The summed E-state index contributed by atoms with van der Waals surface area (Å²) in [5.41, 5.74) is 0.543. The van der Waals surface area contributed by atoms with Crippen molar-refractivity contribution in [1.82, 2.24) is 8.68 Å². The van der Waals surface area contributed by atoms with Crippen LogP contribution in [0.5, 0.6) is 0 Å². The summed E-state index contributed by atoms with van der Waals surface area (Å²) in [5.74, 6) is 0. The summed E-state index contributed by atoms with van der Waals surface area (Å²) in [6.07, 6.45) is 1.72. The summed E-state index contributed by atoms with van der Waals surface area (Å²) < 4.78 is 31.8. The van der Waals surface area contributed by atoms with Crippen molar-refractivity contribution in [2.45, 2.75) is 0 Å². The van der Waals surface area contributed by atoms with Crippen LogP contribution in [-0.2, 0) is 10.2 Å². The van der Waals surface area contributed by atoms with Crippen molar-refractivity contribution in [3.8, 4) is 0 Å². The third kappa shape index (κ3) is 2.16. The van der Waals surface area contributed by atoms with Gasteiger partial charge >= 0.3 is 10.2 Å². The molecule has 1 aromatic heterocycles. The molecule has 5 nitrogen and oxygen atoms in total. The smallest absolute Gasteiger partial charge is 0.271 e. The summed E-state index contributed by atoms with van der Waals surface area (Å²) in [7, 11) is -0.478. The maximum atomic E-state index is 11.6. The molecule has 0 amide bonds. The van der Waals surface area contributed by atoms with Gasteiger partial charge in [-0.15, -0.1) is 0 Å². The Balaban J connectivity index is 2.34. The normalized spacial score (nSPS) is 12.2. The molecule has 0 fully saturated rings. The van der Waals surface area contributed by atoms with E-state index in [0.29, 0.717) is 5.69 Å². The fourth-order valence-corrected chi connectivity index (χ4v) is 2.41. The summed E-state index contributed by atoms with van der Waals surface area (Å²) in [5, 5.41) is 0.934. The van der Waals surface area contributed by atoms with Crippen LogP contribution in [-0.4, -0.2) is 31.2 Å². The maximum absolute atomic E-state index is 11.6. The molecule has 0 aliphatic rings. The van der Waals surface area contributed by atoms with Gasteiger partial charge in [-0.2, -0.15) is 17.1 Å². The standard InChI is InChI=1S/C9H11N3O2S2/c1-12(2)16(13,14)11-8-3-4-9-7(5-8)6-10-15-9/h3-6,11H,1-2H3. The number of rotatable bonds is 3. The van der Waals surface area contributed by atoms with Crippen molar-refractivity contribution in [1.29, 1.82) is 0 Å². The van der Waals surface area contributed by atoms with E-state index in [1.807, 2.05) is 6.07 Å². The minimum absolute atomic E-state index is 0.543. The Bertz CT molecular complexity index is 604. The van der Waals surface area contributed by atoms with Crippen molar-refractivity contribution < 1.29 is 8.42 Å². The molecule has 7 heteroatoms. The van der Waals surface area contributed by atoms with E-state index < -0.39 is 10.2 Å². The zero-order valence-corrected chi connectivity index (χ0v) is 10.5. The summed E-state index contributed by atoms with van der Waals surface area (Å²) in [6.45, 7) is 0. The molecular weight excluding hydrogens is 246 g/mol. The molecule has 0 unspecified atom stereocenters. The lowest BCUT2D eigenvalue weighted by molar-refractivity contribution is 0.527. The fourth-order valence-electron chi connectivity index (χ4n) is 1.18. The quantitative estimate of drug-likeness (QED) is 0.906. The van der Waals surface area contributed by atoms with E-state index >= 15 is 0 Å². The molecule has 0 bridgehead atoms. The predicted molar refractivity (Wildman–Crippen MR) is 65.8 cm³/mol. The Morgan fingerprint density at radius 1 is 1.38 bits per heavy atom. The molecule has 86 valence electrons. The number of benzene rings is 1. The van der Waals surface area contributed by atoms with Gasteiger partial charge in [-0.3, -0.25) is 4.72 Å². The Kier molecular flexibility index (Phi) is 2.83. The van der Waals surface area contributed by atoms with Crippen LogP contribution >= 0.6 is 11.5 Å². The van der Waals surface area contributed by atoms with Crippen LogP contribution in [0, 0.1) is 0 Å². The summed E-state index contributed by atoms with van der Waals surface area (Å²) in [6, 6.07) is 5.34. The van der Waals surface area contributed by atoms with Gasteiger partial charge in [0.15, 0.2) is 0 Å². The second-order valence-electron chi connectivity index (χ2n) is 3.47. The van der Waals surface area contributed by atoms with E-state index in [0.717, 1.165) is 14.4 Å². The highest BCUT2D eigenvalue weighted by Crippen LogP contribution is 2.22. The molecule has 1 heterocycles. The molecule has 0 saturated heterocycles. The van der Waals surface area contributed by atoms with Crippen molar-refractivity contribution in [2.24, 2.45) is 0 Å². The average molecular weight is 257 g/mol. The van der Waals surface area contributed by atoms with Gasteiger partial charge in [-0.1, -0.05) is 0 Å². The van der Waals surface area contributed by atoms with Gasteiger partial charge in [0.2, 0.25) is 0 Å². The van der Waals surface area contributed by atoms with E-state index in [9.17, 15) is 8.42 Å². The Hall–Kier alpha value is -1.18. The lowest BCUT2D eigenvalue weighted by atomic mass is 10.2. The average Bonchev–Trinajstić information content (AvgIpc) is 2.63. The summed E-state index contributed by atoms with van der Waals surface area (Å²) in [4.78, 5) is 0. The molecule has 2 aromatic rings. The minimum Gasteiger partial charge on any atom is -0.271 e. The third-order valence-electron chi connectivity index (χ3n) is 2.08. The van der Waals surface area contributed by atoms with Crippen LogP contribution in [0.2, 0.25) is 0 Å². The molecule has 2 rings (SSSR count). The van der Waals surface area contributed by atoms with Crippen molar-refractivity contribution in [3.05, 3.63) is 24.4 Å². The first-order valence-electron chi connectivity index (χ1n) is 4.54. The molecule has 16 heavy (non-hydrogen) atoms. The van der Waals surface area contributed by atoms with E-state index in [-0.39, 0.29) is 0 Å². The molecule has 0 aliphatic heterocycles. The molecule has 0 atom stereocenters. The zero-order chi connectivity index (χ0) is 11.8. The van der Waals surface area contributed by atoms with E-state index in [1.165, 1.54) is 25.6 Å². The molecular formula is C9H11N3O2S2. The van der Waals surface area contributed by atoms with Gasteiger partial charge in [0.05, 0.1) is 10.4 Å². The van der Waals surface area contributed by atoms with Crippen molar-refractivity contribution in [2.75, 3.05) is 18.8 Å². The number of hydrogen-bond donors (Lipinski definition) is 1. The maximum Gasteiger partial charge on any atom is 0.301 e. The highest BCUT2D eigenvalue weighted by atomic mass is 32.2. The lowest BCUT2D eigenvalue weighted by Crippen LogP contribution is -2.28. The zero-order valence-electron chi connectivity index (χ0n) is 8.84. The first-order chi connectivity index (χ1) is 7.49. The Morgan fingerprint density at radius 3 is 2.81 bits per heavy atom. The number of hydrogen-bond acceptors (Lipinski definition) is 4. The second-order valence-corrected chi connectivity index (χ2v) is 6.19. The van der Waals surface area contributed by atoms with Gasteiger partial charge in [-0.05, 0) is 29.7 Å². The first-order valence-corrected chi connectivity index (χ1v) is 6.75. The number of anilines is 1. The van der Waals surface area contributed by atoms with Gasteiger partial charge in [0.1, 0.15) is 0 Å². The van der Waals surface area contributed by atoms with E-state index in [4.69, 9.17) is 0 Å². The second kappa shape index (κ2) is 4.00. The largest absolute Gasteiger partial charge is 0.301 e. The number of fused-ring (bicyclic) bond motifs is 1. The van der Waals surface area contributed by atoms with Crippen LogP contribution in [0.25, 0.3) is 10.1 Å². The highest BCUT2D eigenvalue weighted by Gasteiger charge is 2.12. The predicted octanol–water partition coefficient (Wildman–Crippen LogP) is 1.51.